The first kappa shape index (κ1) is 22.3. The number of hydrogen-bond donors (Lipinski definition) is 1. The van der Waals surface area contributed by atoms with Crippen molar-refractivity contribution in [2.75, 3.05) is 24.0 Å². The molecular formula is C25H24FN3O4. The van der Waals surface area contributed by atoms with Crippen molar-refractivity contribution < 1.29 is 23.5 Å². The van der Waals surface area contributed by atoms with Crippen molar-refractivity contribution in [2.45, 2.75) is 26.3 Å². The highest BCUT2D eigenvalue weighted by molar-refractivity contribution is 6.39. The number of urea groups is 1. The van der Waals surface area contributed by atoms with Gasteiger partial charge >= 0.3 is 6.03 Å². The number of ether oxygens (including phenoxy) is 1. The summed E-state index contributed by atoms with van der Waals surface area (Å²) < 4.78 is 19.9. The van der Waals surface area contributed by atoms with Crippen molar-refractivity contribution in [1.29, 1.82) is 0 Å². The number of imide groups is 2. The predicted octanol–water partition coefficient (Wildman–Crippen LogP) is 4.13. The lowest BCUT2D eigenvalue weighted by Crippen LogP contribution is -2.54. The zero-order valence-electron chi connectivity index (χ0n) is 19.0. The van der Waals surface area contributed by atoms with Crippen LogP contribution in [-0.4, -0.2) is 37.5 Å². The minimum atomic E-state index is -1.01. The molecule has 2 aromatic carbocycles. The Hall–Kier alpha value is -3.94. The number of amides is 4. The third kappa shape index (κ3) is 3.67. The van der Waals surface area contributed by atoms with Gasteiger partial charge in [-0.3, -0.25) is 14.9 Å². The zero-order valence-corrected chi connectivity index (χ0v) is 19.0. The number of barbiturate groups is 1. The quantitative estimate of drug-likeness (QED) is 0.563. The Morgan fingerprint density at radius 3 is 2.45 bits per heavy atom. The van der Waals surface area contributed by atoms with E-state index >= 15 is 0 Å². The fourth-order valence-corrected chi connectivity index (χ4v) is 4.15. The van der Waals surface area contributed by atoms with Gasteiger partial charge < -0.3 is 9.64 Å². The van der Waals surface area contributed by atoms with Crippen LogP contribution in [-0.2, 0) is 9.59 Å². The van der Waals surface area contributed by atoms with Crippen molar-refractivity contribution >= 4 is 40.9 Å². The molecule has 4 amide bonds. The highest BCUT2D eigenvalue weighted by Crippen LogP contribution is 2.42. The largest absolute Gasteiger partial charge is 0.496 e. The molecule has 0 aromatic heterocycles. The van der Waals surface area contributed by atoms with Gasteiger partial charge in [-0.1, -0.05) is 18.2 Å². The first-order chi connectivity index (χ1) is 15.5. The van der Waals surface area contributed by atoms with Crippen LogP contribution in [0.2, 0.25) is 0 Å². The standard InChI is InChI=1S/C25H24FN3O4/c1-14-13-25(2,3)28(4)20-12-21(33-5)15(10-16(14)20)11-17-22(30)27-24(32)29(23(17)31)19-9-7-6-8-18(19)26/h6-13H,1-5H3,(H,27,30,32)/b17-11-. The van der Waals surface area contributed by atoms with E-state index in [1.54, 1.807) is 0 Å². The molecule has 170 valence electrons. The second kappa shape index (κ2) is 7.88. The summed E-state index contributed by atoms with van der Waals surface area (Å²) in [5.74, 6) is -2.08. The molecule has 0 unspecified atom stereocenters. The number of rotatable bonds is 3. The molecule has 1 fully saturated rings. The van der Waals surface area contributed by atoms with E-state index in [1.165, 1.54) is 31.4 Å². The minimum absolute atomic E-state index is 0.206. The van der Waals surface area contributed by atoms with Crippen LogP contribution in [0.25, 0.3) is 11.6 Å². The summed E-state index contributed by atoms with van der Waals surface area (Å²) >= 11 is 0. The van der Waals surface area contributed by atoms with Gasteiger partial charge in [-0.15, -0.1) is 0 Å². The van der Waals surface area contributed by atoms with Crippen LogP contribution >= 0.6 is 0 Å². The van der Waals surface area contributed by atoms with E-state index in [9.17, 15) is 18.8 Å². The van der Waals surface area contributed by atoms with Crippen molar-refractivity contribution in [2.24, 2.45) is 0 Å². The van der Waals surface area contributed by atoms with Gasteiger partial charge in [0, 0.05) is 29.9 Å². The van der Waals surface area contributed by atoms with Gasteiger partial charge in [0.25, 0.3) is 11.8 Å². The van der Waals surface area contributed by atoms with E-state index in [0.29, 0.717) is 16.2 Å². The Bertz CT molecular complexity index is 1260. The third-order valence-electron chi connectivity index (χ3n) is 6.06. The van der Waals surface area contributed by atoms with Crippen LogP contribution in [0, 0.1) is 5.82 Å². The Morgan fingerprint density at radius 2 is 1.79 bits per heavy atom. The number of benzene rings is 2. The highest BCUT2D eigenvalue weighted by atomic mass is 19.1. The van der Waals surface area contributed by atoms with E-state index in [0.717, 1.165) is 22.9 Å². The zero-order chi connectivity index (χ0) is 24.1. The van der Waals surface area contributed by atoms with Crippen LogP contribution in [0.5, 0.6) is 5.75 Å². The lowest BCUT2D eigenvalue weighted by Gasteiger charge is -2.41. The number of methoxy groups -OCH3 is 1. The number of para-hydroxylation sites is 1. The van der Waals surface area contributed by atoms with E-state index < -0.39 is 23.7 Å². The molecule has 0 atom stereocenters. The second-order valence-electron chi connectivity index (χ2n) is 8.56. The van der Waals surface area contributed by atoms with Crippen LogP contribution in [0.4, 0.5) is 20.6 Å². The van der Waals surface area contributed by atoms with Gasteiger partial charge in [-0.2, -0.15) is 0 Å². The number of nitrogens with one attached hydrogen (secondary N) is 1. The Morgan fingerprint density at radius 1 is 1.09 bits per heavy atom. The maximum atomic E-state index is 14.3. The highest BCUT2D eigenvalue weighted by Gasteiger charge is 2.38. The molecule has 0 aliphatic carbocycles. The minimum Gasteiger partial charge on any atom is -0.496 e. The first-order valence-electron chi connectivity index (χ1n) is 10.4. The summed E-state index contributed by atoms with van der Waals surface area (Å²) in [6.07, 6.45) is 3.50. The van der Waals surface area contributed by atoms with Gasteiger partial charge in [0.15, 0.2) is 0 Å². The molecule has 0 saturated carbocycles. The number of fused-ring (bicyclic) bond motifs is 1. The molecule has 2 aromatic rings. The summed E-state index contributed by atoms with van der Waals surface area (Å²) in [5, 5.41) is 2.11. The summed E-state index contributed by atoms with van der Waals surface area (Å²) in [4.78, 5) is 40.8. The lowest BCUT2D eigenvalue weighted by atomic mass is 9.88. The predicted molar refractivity (Wildman–Crippen MR) is 125 cm³/mol. The maximum Gasteiger partial charge on any atom is 0.336 e. The van der Waals surface area contributed by atoms with Gasteiger partial charge in [0.2, 0.25) is 0 Å². The van der Waals surface area contributed by atoms with Crippen molar-refractivity contribution in [1.82, 2.24) is 5.32 Å². The number of nitrogens with zero attached hydrogens (tertiary/aromatic N) is 2. The normalized spacial score (nSPS) is 18.8. The average molecular weight is 449 g/mol. The first-order valence-corrected chi connectivity index (χ1v) is 10.4. The average Bonchev–Trinajstić information content (AvgIpc) is 2.75. The molecule has 1 saturated heterocycles. The monoisotopic (exact) mass is 449 g/mol. The number of halogens is 1. The van der Waals surface area contributed by atoms with Crippen molar-refractivity contribution in [3.05, 3.63) is 65.0 Å². The Labute approximate surface area is 191 Å². The van der Waals surface area contributed by atoms with E-state index in [4.69, 9.17) is 4.74 Å². The van der Waals surface area contributed by atoms with Gasteiger partial charge in [-0.25, -0.2) is 14.1 Å². The number of carbonyl (C=O) groups is 3. The van der Waals surface area contributed by atoms with E-state index in [2.05, 4.69) is 30.1 Å². The number of allylic oxidation sites excluding steroid dienone is 1. The molecular weight excluding hydrogens is 425 g/mol. The fourth-order valence-electron chi connectivity index (χ4n) is 4.15. The van der Waals surface area contributed by atoms with Crippen LogP contribution in [0.15, 0.2) is 48.0 Å². The molecule has 2 heterocycles. The van der Waals surface area contributed by atoms with Crippen molar-refractivity contribution in [3.63, 3.8) is 0 Å². The molecule has 0 bridgehead atoms. The number of carbonyl (C=O) groups excluding carboxylic acids is 3. The molecule has 7 nitrogen and oxygen atoms in total. The summed E-state index contributed by atoms with van der Waals surface area (Å²) in [7, 11) is 3.48. The Kier molecular flexibility index (Phi) is 5.32. The number of likely N-dealkylation sites (N-methyl/N-ethyl adjacent to an activating group) is 1. The maximum absolute atomic E-state index is 14.3. The SMILES string of the molecule is COc1cc2c(cc1/C=C1/C(=O)NC(=O)N(c3ccccc3F)C1=O)C(C)=CC(C)(C)N2C. The third-order valence-corrected chi connectivity index (χ3v) is 6.06. The molecule has 4 rings (SSSR count). The molecule has 0 radical (unpaired) electrons. The Balaban J connectivity index is 1.84. The van der Waals surface area contributed by atoms with E-state index in [-0.39, 0.29) is 16.8 Å². The van der Waals surface area contributed by atoms with Gasteiger partial charge in [0.05, 0.1) is 18.3 Å². The van der Waals surface area contributed by atoms with Crippen LogP contribution in [0.3, 0.4) is 0 Å². The smallest absolute Gasteiger partial charge is 0.336 e. The van der Waals surface area contributed by atoms with Gasteiger partial charge in [-0.05, 0) is 50.6 Å². The van der Waals surface area contributed by atoms with Gasteiger partial charge in [0.1, 0.15) is 17.1 Å². The van der Waals surface area contributed by atoms with Crippen LogP contribution in [0.1, 0.15) is 31.9 Å². The molecule has 1 N–H and O–H groups in total. The molecule has 2 aliphatic heterocycles. The molecule has 8 heteroatoms. The lowest BCUT2D eigenvalue weighted by molar-refractivity contribution is -0.122. The fraction of sp³-hybridized carbons (Fsp3) is 0.240. The summed E-state index contributed by atoms with van der Waals surface area (Å²) in [5.41, 5.74) is 2.65. The number of hydrogen-bond acceptors (Lipinski definition) is 5. The van der Waals surface area contributed by atoms with E-state index in [1.807, 2.05) is 26.1 Å². The molecule has 33 heavy (non-hydrogen) atoms. The van der Waals surface area contributed by atoms with Crippen LogP contribution < -0.4 is 19.9 Å². The molecule has 0 spiro atoms. The summed E-state index contributed by atoms with van der Waals surface area (Å²) in [6.45, 7) is 6.19. The summed E-state index contributed by atoms with van der Waals surface area (Å²) in [6, 6.07) is 8.05. The number of anilines is 2. The van der Waals surface area contributed by atoms with Crippen molar-refractivity contribution in [3.8, 4) is 5.75 Å². The second-order valence-corrected chi connectivity index (χ2v) is 8.56. The topological polar surface area (TPSA) is 79.0 Å². The molecule has 2 aliphatic rings.